The molecule has 90 valence electrons. The first-order chi connectivity index (χ1) is 7.74. The number of rotatable bonds is 7. The van der Waals surface area contributed by atoms with Gasteiger partial charge in [-0.1, -0.05) is 32.6 Å². The number of aryl methyl sites for hydroxylation is 1. The van der Waals surface area contributed by atoms with Gasteiger partial charge in [0.05, 0.1) is 18.1 Å². The van der Waals surface area contributed by atoms with Gasteiger partial charge in [-0.25, -0.2) is 4.98 Å². The summed E-state index contributed by atoms with van der Waals surface area (Å²) in [5, 5.41) is 0. The fourth-order valence-corrected chi connectivity index (χ4v) is 1.62. The second-order valence-corrected chi connectivity index (χ2v) is 4.42. The van der Waals surface area contributed by atoms with Crippen molar-refractivity contribution in [3.8, 4) is 0 Å². The van der Waals surface area contributed by atoms with E-state index < -0.39 is 0 Å². The number of hydrogen-bond donors (Lipinski definition) is 0. The highest BCUT2D eigenvalue weighted by atomic mass is 15.1. The normalized spacial score (nSPS) is 10.4. The minimum absolute atomic E-state index is 0.926. The summed E-state index contributed by atoms with van der Waals surface area (Å²) in [5.41, 5.74) is 1.11. The summed E-state index contributed by atoms with van der Waals surface area (Å²) in [5.74, 6) is 0.926. The van der Waals surface area contributed by atoms with Crippen LogP contribution in [0.15, 0.2) is 12.4 Å². The van der Waals surface area contributed by atoms with Crippen LogP contribution in [0, 0.1) is 0 Å². The molecule has 1 rings (SSSR count). The third kappa shape index (κ3) is 4.60. The van der Waals surface area contributed by atoms with Crippen molar-refractivity contribution in [2.24, 2.45) is 0 Å². The molecule has 0 fully saturated rings. The molecule has 0 radical (unpaired) electrons. The van der Waals surface area contributed by atoms with Crippen molar-refractivity contribution in [2.75, 3.05) is 19.0 Å². The number of nitrogens with zero attached hydrogens (tertiary/aromatic N) is 3. The van der Waals surface area contributed by atoms with Crippen LogP contribution in [-0.2, 0) is 6.42 Å². The molecule has 0 aliphatic carbocycles. The smallest absolute Gasteiger partial charge is 0.146 e. The highest BCUT2D eigenvalue weighted by Gasteiger charge is 1.99. The molecule has 0 aromatic carbocycles. The van der Waals surface area contributed by atoms with E-state index in [4.69, 9.17) is 0 Å². The molecule has 3 heteroatoms. The van der Waals surface area contributed by atoms with Crippen molar-refractivity contribution in [2.45, 2.75) is 45.4 Å². The number of unbranched alkanes of at least 4 members (excludes halogenated alkanes) is 4. The van der Waals surface area contributed by atoms with Gasteiger partial charge in [0.1, 0.15) is 5.82 Å². The summed E-state index contributed by atoms with van der Waals surface area (Å²) in [6, 6.07) is 0. The lowest BCUT2D eigenvalue weighted by Gasteiger charge is -2.10. The standard InChI is InChI=1S/C13H23N3/c1-4-5-6-7-8-9-12-10-15-13(11-14-12)16(2)3/h10-11H,4-9H2,1-3H3. The Balaban J connectivity index is 2.27. The molecule has 0 N–H and O–H groups in total. The molecule has 0 amide bonds. The average Bonchev–Trinajstić information content (AvgIpc) is 2.29. The van der Waals surface area contributed by atoms with Crippen molar-refractivity contribution in [1.29, 1.82) is 0 Å². The summed E-state index contributed by atoms with van der Waals surface area (Å²) in [4.78, 5) is 10.7. The van der Waals surface area contributed by atoms with Crippen LogP contribution in [0.2, 0.25) is 0 Å². The fourth-order valence-electron chi connectivity index (χ4n) is 1.62. The van der Waals surface area contributed by atoms with E-state index in [2.05, 4.69) is 16.9 Å². The van der Waals surface area contributed by atoms with E-state index >= 15 is 0 Å². The summed E-state index contributed by atoms with van der Waals surface area (Å²) < 4.78 is 0. The van der Waals surface area contributed by atoms with Crippen molar-refractivity contribution >= 4 is 5.82 Å². The third-order valence-electron chi connectivity index (χ3n) is 2.69. The lowest BCUT2D eigenvalue weighted by atomic mass is 10.1. The van der Waals surface area contributed by atoms with E-state index in [1.54, 1.807) is 0 Å². The van der Waals surface area contributed by atoms with Crippen LogP contribution in [-0.4, -0.2) is 24.1 Å². The molecule has 0 unspecified atom stereocenters. The average molecular weight is 221 g/mol. The van der Waals surface area contributed by atoms with Crippen LogP contribution in [0.1, 0.15) is 44.7 Å². The molecule has 16 heavy (non-hydrogen) atoms. The Kier molecular flexibility index (Phi) is 5.83. The lowest BCUT2D eigenvalue weighted by Crippen LogP contribution is -2.11. The minimum atomic E-state index is 0.926. The summed E-state index contributed by atoms with van der Waals surface area (Å²) in [6.07, 6.45) is 11.4. The van der Waals surface area contributed by atoms with Crippen LogP contribution >= 0.6 is 0 Å². The zero-order valence-corrected chi connectivity index (χ0v) is 10.7. The Morgan fingerprint density at radius 3 is 2.31 bits per heavy atom. The second kappa shape index (κ2) is 7.20. The fraction of sp³-hybridized carbons (Fsp3) is 0.692. The van der Waals surface area contributed by atoms with Crippen LogP contribution in [0.3, 0.4) is 0 Å². The van der Waals surface area contributed by atoms with Crippen LogP contribution in [0.25, 0.3) is 0 Å². The predicted octanol–water partition coefficient (Wildman–Crippen LogP) is 3.06. The first-order valence-corrected chi connectivity index (χ1v) is 6.22. The van der Waals surface area contributed by atoms with Gasteiger partial charge in [-0.15, -0.1) is 0 Å². The van der Waals surface area contributed by atoms with Gasteiger partial charge in [-0.05, 0) is 12.8 Å². The molecule has 0 aliphatic rings. The maximum absolute atomic E-state index is 4.41. The van der Waals surface area contributed by atoms with Crippen molar-refractivity contribution in [3.63, 3.8) is 0 Å². The molecule has 0 bridgehead atoms. The number of aromatic nitrogens is 2. The Hall–Kier alpha value is -1.12. The minimum Gasteiger partial charge on any atom is -0.361 e. The molecule has 0 aliphatic heterocycles. The summed E-state index contributed by atoms with van der Waals surface area (Å²) in [6.45, 7) is 2.24. The Bertz CT molecular complexity index is 280. The van der Waals surface area contributed by atoms with E-state index in [1.807, 2.05) is 31.4 Å². The zero-order chi connectivity index (χ0) is 11.8. The molecular formula is C13H23N3. The van der Waals surface area contributed by atoms with E-state index in [0.717, 1.165) is 17.9 Å². The van der Waals surface area contributed by atoms with E-state index in [9.17, 15) is 0 Å². The molecule has 1 aromatic heterocycles. The SMILES string of the molecule is CCCCCCCc1cnc(N(C)C)cn1. The van der Waals surface area contributed by atoms with E-state index in [1.165, 1.54) is 32.1 Å². The van der Waals surface area contributed by atoms with Gasteiger partial charge in [0.15, 0.2) is 0 Å². The highest BCUT2D eigenvalue weighted by molar-refractivity contribution is 5.32. The Morgan fingerprint density at radius 2 is 1.75 bits per heavy atom. The molecule has 3 nitrogen and oxygen atoms in total. The summed E-state index contributed by atoms with van der Waals surface area (Å²) in [7, 11) is 3.96. The lowest BCUT2D eigenvalue weighted by molar-refractivity contribution is 0.627. The van der Waals surface area contributed by atoms with Crippen molar-refractivity contribution < 1.29 is 0 Å². The second-order valence-electron chi connectivity index (χ2n) is 4.42. The van der Waals surface area contributed by atoms with Gasteiger partial charge in [-0.2, -0.15) is 0 Å². The Labute approximate surface area is 98.9 Å². The third-order valence-corrected chi connectivity index (χ3v) is 2.69. The molecule has 0 saturated heterocycles. The van der Waals surface area contributed by atoms with Crippen LogP contribution in [0.4, 0.5) is 5.82 Å². The maximum atomic E-state index is 4.41. The van der Waals surface area contributed by atoms with Gasteiger partial charge < -0.3 is 4.90 Å². The number of hydrogen-bond acceptors (Lipinski definition) is 3. The van der Waals surface area contributed by atoms with Crippen LogP contribution < -0.4 is 4.90 Å². The predicted molar refractivity (Wildman–Crippen MR) is 68.8 cm³/mol. The largest absolute Gasteiger partial charge is 0.361 e. The molecule has 0 atom stereocenters. The molecule has 0 saturated carbocycles. The van der Waals surface area contributed by atoms with E-state index in [0.29, 0.717) is 0 Å². The first kappa shape index (κ1) is 12.9. The summed E-state index contributed by atoms with van der Waals surface area (Å²) >= 11 is 0. The zero-order valence-electron chi connectivity index (χ0n) is 10.7. The monoisotopic (exact) mass is 221 g/mol. The van der Waals surface area contributed by atoms with Gasteiger partial charge in [0.2, 0.25) is 0 Å². The highest BCUT2D eigenvalue weighted by Crippen LogP contribution is 2.09. The quantitative estimate of drug-likeness (QED) is 0.663. The number of anilines is 1. The van der Waals surface area contributed by atoms with Crippen molar-refractivity contribution in [1.82, 2.24) is 9.97 Å². The molecular weight excluding hydrogens is 198 g/mol. The maximum Gasteiger partial charge on any atom is 0.146 e. The molecule has 0 spiro atoms. The van der Waals surface area contributed by atoms with Gasteiger partial charge in [0, 0.05) is 14.1 Å². The topological polar surface area (TPSA) is 29.0 Å². The molecule has 1 aromatic rings. The first-order valence-electron chi connectivity index (χ1n) is 6.22. The van der Waals surface area contributed by atoms with E-state index in [-0.39, 0.29) is 0 Å². The van der Waals surface area contributed by atoms with Gasteiger partial charge in [-0.3, -0.25) is 4.98 Å². The Morgan fingerprint density at radius 1 is 1.00 bits per heavy atom. The van der Waals surface area contributed by atoms with Crippen LogP contribution in [0.5, 0.6) is 0 Å². The van der Waals surface area contributed by atoms with Crippen molar-refractivity contribution in [3.05, 3.63) is 18.1 Å². The van der Waals surface area contributed by atoms with Gasteiger partial charge >= 0.3 is 0 Å². The van der Waals surface area contributed by atoms with Gasteiger partial charge in [0.25, 0.3) is 0 Å². The molecule has 1 heterocycles.